The highest BCUT2D eigenvalue weighted by molar-refractivity contribution is 6.31. The van der Waals surface area contributed by atoms with Crippen LogP contribution in [-0.4, -0.2) is 10.2 Å². The molecule has 2 nitrogen and oxygen atoms in total. The topological polar surface area (TPSA) is 28.7 Å². The molecule has 0 aliphatic carbocycles. The summed E-state index contributed by atoms with van der Waals surface area (Å²) in [5.41, 5.74) is 3.24. The van der Waals surface area contributed by atoms with Crippen molar-refractivity contribution < 1.29 is 0 Å². The first-order valence-corrected chi connectivity index (χ1v) is 4.40. The third kappa shape index (κ3) is 1.58. The van der Waals surface area contributed by atoms with Crippen LogP contribution in [0.4, 0.5) is 0 Å². The molecule has 1 aromatic carbocycles. The van der Waals surface area contributed by atoms with Gasteiger partial charge in [0.1, 0.15) is 0 Å². The number of aryl methyl sites for hydroxylation is 1. The number of nitrogens with one attached hydrogen (secondary N) is 1. The van der Waals surface area contributed by atoms with Crippen LogP contribution in [0.25, 0.3) is 11.1 Å². The molecule has 1 aromatic heterocycles. The van der Waals surface area contributed by atoms with Gasteiger partial charge in [-0.15, -0.1) is 0 Å². The van der Waals surface area contributed by atoms with Gasteiger partial charge in [-0.05, 0) is 24.1 Å². The fourth-order valence-electron chi connectivity index (χ4n) is 1.18. The minimum atomic E-state index is 0.790. The van der Waals surface area contributed by atoms with Crippen molar-refractivity contribution in [1.29, 1.82) is 0 Å². The van der Waals surface area contributed by atoms with Crippen LogP contribution in [0.3, 0.4) is 0 Å². The predicted octanol–water partition coefficient (Wildman–Crippen LogP) is 3.04. The van der Waals surface area contributed by atoms with Crippen LogP contribution in [0.1, 0.15) is 5.56 Å². The summed E-state index contributed by atoms with van der Waals surface area (Å²) in [6.07, 6.45) is 3.63. The second-order valence-electron chi connectivity index (χ2n) is 2.95. The van der Waals surface area contributed by atoms with Crippen molar-refractivity contribution in [2.45, 2.75) is 6.92 Å². The Balaban J connectivity index is 2.49. The first-order chi connectivity index (χ1) is 6.27. The largest absolute Gasteiger partial charge is 0.285 e. The molecule has 0 saturated heterocycles. The zero-order valence-electron chi connectivity index (χ0n) is 7.21. The Kier molecular flexibility index (Phi) is 2.07. The van der Waals surface area contributed by atoms with Gasteiger partial charge in [0.15, 0.2) is 0 Å². The van der Waals surface area contributed by atoms with Crippen molar-refractivity contribution in [3.8, 4) is 11.1 Å². The second kappa shape index (κ2) is 3.23. The predicted molar refractivity (Wildman–Crippen MR) is 53.8 cm³/mol. The molecule has 1 heterocycles. The minimum absolute atomic E-state index is 0.790. The van der Waals surface area contributed by atoms with Gasteiger partial charge in [0, 0.05) is 16.8 Å². The third-order valence-electron chi connectivity index (χ3n) is 2.00. The fraction of sp³-hybridized carbons (Fsp3) is 0.100. The van der Waals surface area contributed by atoms with Gasteiger partial charge in [-0.25, -0.2) is 0 Å². The number of hydrogen-bond donors (Lipinski definition) is 1. The van der Waals surface area contributed by atoms with E-state index in [1.165, 1.54) is 0 Å². The average Bonchev–Trinajstić information content (AvgIpc) is 2.62. The van der Waals surface area contributed by atoms with Gasteiger partial charge in [-0.2, -0.15) is 5.10 Å². The van der Waals surface area contributed by atoms with E-state index in [1.807, 2.05) is 31.3 Å². The van der Waals surface area contributed by atoms with E-state index in [0.29, 0.717) is 0 Å². The maximum absolute atomic E-state index is 6.00. The van der Waals surface area contributed by atoms with Gasteiger partial charge in [-0.3, -0.25) is 5.10 Å². The quantitative estimate of drug-likeness (QED) is 0.739. The molecule has 0 radical (unpaired) electrons. The molecule has 2 aromatic rings. The van der Waals surface area contributed by atoms with Crippen molar-refractivity contribution in [1.82, 2.24) is 10.2 Å². The van der Waals surface area contributed by atoms with Crippen molar-refractivity contribution in [3.63, 3.8) is 0 Å². The Morgan fingerprint density at radius 3 is 2.77 bits per heavy atom. The summed E-state index contributed by atoms with van der Waals surface area (Å²) in [5, 5.41) is 7.44. The van der Waals surface area contributed by atoms with Gasteiger partial charge in [0.05, 0.1) is 6.20 Å². The standard InChI is InChI=1S/C10H9ClN2/c1-7-2-3-8(4-10(7)11)9-5-12-13-6-9/h2-6H,1H3,(H,12,13). The van der Waals surface area contributed by atoms with E-state index in [1.54, 1.807) is 6.20 Å². The van der Waals surface area contributed by atoms with E-state index in [2.05, 4.69) is 10.2 Å². The summed E-state index contributed by atoms with van der Waals surface area (Å²) in [6.45, 7) is 1.99. The highest BCUT2D eigenvalue weighted by atomic mass is 35.5. The average molecular weight is 193 g/mol. The van der Waals surface area contributed by atoms with Gasteiger partial charge in [-0.1, -0.05) is 23.7 Å². The molecular weight excluding hydrogens is 184 g/mol. The Labute approximate surface area is 81.6 Å². The monoisotopic (exact) mass is 192 g/mol. The highest BCUT2D eigenvalue weighted by Gasteiger charge is 2.00. The number of aromatic amines is 1. The number of rotatable bonds is 1. The zero-order valence-corrected chi connectivity index (χ0v) is 7.97. The van der Waals surface area contributed by atoms with Gasteiger partial charge in [0.2, 0.25) is 0 Å². The van der Waals surface area contributed by atoms with Crippen LogP contribution < -0.4 is 0 Å². The maximum Gasteiger partial charge on any atom is 0.0565 e. The van der Waals surface area contributed by atoms with E-state index in [0.717, 1.165) is 21.7 Å². The molecule has 66 valence electrons. The molecule has 0 fully saturated rings. The van der Waals surface area contributed by atoms with Crippen LogP contribution >= 0.6 is 11.6 Å². The van der Waals surface area contributed by atoms with Crippen LogP contribution in [-0.2, 0) is 0 Å². The van der Waals surface area contributed by atoms with Crippen LogP contribution in [0, 0.1) is 6.92 Å². The Morgan fingerprint density at radius 2 is 2.15 bits per heavy atom. The molecule has 0 saturated carbocycles. The summed E-state index contributed by atoms with van der Waals surface area (Å²) in [6, 6.07) is 5.98. The number of benzene rings is 1. The number of hydrogen-bond acceptors (Lipinski definition) is 1. The summed E-state index contributed by atoms with van der Waals surface area (Å²) < 4.78 is 0. The SMILES string of the molecule is Cc1ccc(-c2cn[nH]c2)cc1Cl. The summed E-state index contributed by atoms with van der Waals surface area (Å²) in [7, 11) is 0. The van der Waals surface area contributed by atoms with Crippen molar-refractivity contribution in [3.05, 3.63) is 41.2 Å². The van der Waals surface area contributed by atoms with Gasteiger partial charge >= 0.3 is 0 Å². The van der Waals surface area contributed by atoms with Gasteiger partial charge in [0.25, 0.3) is 0 Å². The Hall–Kier alpha value is -1.28. The Morgan fingerprint density at radius 1 is 1.31 bits per heavy atom. The second-order valence-corrected chi connectivity index (χ2v) is 3.36. The van der Waals surface area contributed by atoms with Crippen molar-refractivity contribution in [2.75, 3.05) is 0 Å². The molecule has 0 spiro atoms. The van der Waals surface area contributed by atoms with Gasteiger partial charge < -0.3 is 0 Å². The first kappa shape index (κ1) is 8.32. The third-order valence-corrected chi connectivity index (χ3v) is 2.41. The number of halogens is 1. The lowest BCUT2D eigenvalue weighted by molar-refractivity contribution is 1.09. The molecule has 0 bridgehead atoms. The maximum atomic E-state index is 6.00. The smallest absolute Gasteiger partial charge is 0.0565 e. The highest BCUT2D eigenvalue weighted by Crippen LogP contribution is 2.23. The molecule has 13 heavy (non-hydrogen) atoms. The lowest BCUT2D eigenvalue weighted by Gasteiger charge is -2.00. The molecule has 1 N–H and O–H groups in total. The molecule has 0 unspecified atom stereocenters. The number of nitrogens with zero attached hydrogens (tertiary/aromatic N) is 1. The molecule has 0 aliphatic heterocycles. The van der Waals surface area contributed by atoms with Crippen LogP contribution in [0.15, 0.2) is 30.6 Å². The van der Waals surface area contributed by atoms with E-state index >= 15 is 0 Å². The van der Waals surface area contributed by atoms with E-state index in [9.17, 15) is 0 Å². The number of H-pyrrole nitrogens is 1. The van der Waals surface area contributed by atoms with Crippen molar-refractivity contribution >= 4 is 11.6 Å². The van der Waals surface area contributed by atoms with Crippen LogP contribution in [0.5, 0.6) is 0 Å². The minimum Gasteiger partial charge on any atom is -0.285 e. The van der Waals surface area contributed by atoms with Crippen LogP contribution in [0.2, 0.25) is 5.02 Å². The molecule has 0 amide bonds. The first-order valence-electron chi connectivity index (χ1n) is 4.02. The van der Waals surface area contributed by atoms with Crippen molar-refractivity contribution in [2.24, 2.45) is 0 Å². The molecule has 2 rings (SSSR count). The summed E-state index contributed by atoms with van der Waals surface area (Å²) in [4.78, 5) is 0. The summed E-state index contributed by atoms with van der Waals surface area (Å²) in [5.74, 6) is 0. The zero-order chi connectivity index (χ0) is 9.26. The van der Waals surface area contributed by atoms with E-state index in [4.69, 9.17) is 11.6 Å². The fourth-order valence-corrected chi connectivity index (χ4v) is 1.36. The normalized spacial score (nSPS) is 10.3. The van der Waals surface area contributed by atoms with E-state index in [-0.39, 0.29) is 0 Å². The molecule has 3 heteroatoms. The molecule has 0 aliphatic rings. The summed E-state index contributed by atoms with van der Waals surface area (Å²) >= 11 is 6.00. The lowest BCUT2D eigenvalue weighted by atomic mass is 10.1. The molecular formula is C10H9ClN2. The molecule has 0 atom stereocenters. The van der Waals surface area contributed by atoms with E-state index < -0.39 is 0 Å². The number of aromatic nitrogens is 2. The Bertz CT molecular complexity index is 407. The lowest BCUT2D eigenvalue weighted by Crippen LogP contribution is -1.77.